The SMILES string of the molecule is Cc1noc([C@H]2C[C@H](CNc3ncccc3C(F)(F)F)[C@H](O)C2)n1. The molecule has 3 atom stereocenters. The number of alkyl halides is 3. The van der Waals surface area contributed by atoms with Gasteiger partial charge in [0.05, 0.1) is 11.7 Å². The standard InChI is InChI=1S/C15H17F3N4O2/c1-8-21-14(24-22-8)9-5-10(12(23)6-9)7-20-13-11(15(16,17)18)3-2-4-19-13/h2-4,9-10,12,23H,5-7H2,1H3,(H,19,20)/t9-,10+,12+/m0/s1. The Bertz CT molecular complexity index is 704. The third-order valence-electron chi connectivity index (χ3n) is 4.19. The molecule has 0 aromatic carbocycles. The zero-order chi connectivity index (χ0) is 17.3. The number of pyridine rings is 1. The van der Waals surface area contributed by atoms with E-state index in [1.54, 1.807) is 6.92 Å². The van der Waals surface area contributed by atoms with Crippen LogP contribution in [-0.2, 0) is 6.18 Å². The minimum Gasteiger partial charge on any atom is -0.393 e. The van der Waals surface area contributed by atoms with Crippen LogP contribution in [-0.4, -0.2) is 32.9 Å². The van der Waals surface area contributed by atoms with Crippen LogP contribution < -0.4 is 5.32 Å². The van der Waals surface area contributed by atoms with Crippen molar-refractivity contribution >= 4 is 5.82 Å². The van der Waals surface area contributed by atoms with Crippen molar-refractivity contribution in [3.8, 4) is 0 Å². The minimum absolute atomic E-state index is 0.0844. The molecule has 0 amide bonds. The van der Waals surface area contributed by atoms with Crippen molar-refractivity contribution in [3.63, 3.8) is 0 Å². The van der Waals surface area contributed by atoms with Crippen LogP contribution in [0.1, 0.15) is 36.0 Å². The van der Waals surface area contributed by atoms with Crippen LogP contribution in [0.25, 0.3) is 0 Å². The molecule has 2 heterocycles. The van der Waals surface area contributed by atoms with Gasteiger partial charge in [-0.15, -0.1) is 0 Å². The van der Waals surface area contributed by atoms with Gasteiger partial charge in [-0.05, 0) is 31.9 Å². The number of aliphatic hydroxyl groups is 1. The second-order valence-corrected chi connectivity index (χ2v) is 5.95. The summed E-state index contributed by atoms with van der Waals surface area (Å²) in [6, 6.07) is 2.22. The van der Waals surface area contributed by atoms with Gasteiger partial charge in [-0.25, -0.2) is 4.98 Å². The first kappa shape index (κ1) is 16.7. The molecule has 0 unspecified atom stereocenters. The number of rotatable bonds is 4. The van der Waals surface area contributed by atoms with Gasteiger partial charge in [0.1, 0.15) is 5.82 Å². The summed E-state index contributed by atoms with van der Waals surface area (Å²) in [7, 11) is 0. The number of nitrogens with one attached hydrogen (secondary N) is 1. The summed E-state index contributed by atoms with van der Waals surface area (Å²) in [4.78, 5) is 7.91. The van der Waals surface area contributed by atoms with E-state index in [2.05, 4.69) is 20.4 Å². The van der Waals surface area contributed by atoms with Gasteiger partial charge < -0.3 is 14.9 Å². The molecule has 0 saturated heterocycles. The highest BCUT2D eigenvalue weighted by Crippen LogP contribution is 2.38. The maximum absolute atomic E-state index is 13.0. The Balaban J connectivity index is 1.65. The molecule has 9 heteroatoms. The molecule has 1 saturated carbocycles. The zero-order valence-electron chi connectivity index (χ0n) is 12.9. The molecule has 1 fully saturated rings. The molecule has 0 aliphatic heterocycles. The average Bonchev–Trinajstić information content (AvgIpc) is 3.10. The van der Waals surface area contributed by atoms with E-state index in [9.17, 15) is 18.3 Å². The first-order chi connectivity index (χ1) is 11.3. The quantitative estimate of drug-likeness (QED) is 0.889. The summed E-state index contributed by atoms with van der Waals surface area (Å²) < 4.78 is 44.0. The molecule has 3 rings (SSSR count). The van der Waals surface area contributed by atoms with E-state index in [0.29, 0.717) is 24.6 Å². The maximum Gasteiger partial charge on any atom is 0.419 e. The first-order valence-corrected chi connectivity index (χ1v) is 7.59. The first-order valence-electron chi connectivity index (χ1n) is 7.59. The lowest BCUT2D eigenvalue weighted by Crippen LogP contribution is -2.23. The Morgan fingerprint density at radius 1 is 1.38 bits per heavy atom. The van der Waals surface area contributed by atoms with E-state index in [-0.39, 0.29) is 24.2 Å². The van der Waals surface area contributed by atoms with Gasteiger partial charge in [0.2, 0.25) is 5.89 Å². The third kappa shape index (κ3) is 3.50. The van der Waals surface area contributed by atoms with E-state index in [1.165, 1.54) is 12.3 Å². The molecule has 0 bridgehead atoms. The van der Waals surface area contributed by atoms with Gasteiger partial charge in [-0.3, -0.25) is 0 Å². The summed E-state index contributed by atoms with van der Waals surface area (Å²) >= 11 is 0. The van der Waals surface area contributed by atoms with E-state index in [0.717, 1.165) is 6.07 Å². The van der Waals surface area contributed by atoms with Gasteiger partial charge in [0.25, 0.3) is 0 Å². The molecular formula is C15H17F3N4O2. The molecule has 130 valence electrons. The van der Waals surface area contributed by atoms with Gasteiger partial charge >= 0.3 is 6.18 Å². The predicted molar refractivity (Wildman–Crippen MR) is 78.2 cm³/mol. The van der Waals surface area contributed by atoms with Crippen LogP contribution in [0.5, 0.6) is 0 Å². The van der Waals surface area contributed by atoms with Crippen LogP contribution in [0.4, 0.5) is 19.0 Å². The van der Waals surface area contributed by atoms with Gasteiger partial charge in [0, 0.05) is 24.6 Å². The van der Waals surface area contributed by atoms with Crippen molar-refractivity contribution in [3.05, 3.63) is 35.6 Å². The van der Waals surface area contributed by atoms with Crippen molar-refractivity contribution in [2.75, 3.05) is 11.9 Å². The Hall–Kier alpha value is -2.16. The third-order valence-corrected chi connectivity index (χ3v) is 4.19. The van der Waals surface area contributed by atoms with E-state index >= 15 is 0 Å². The fraction of sp³-hybridized carbons (Fsp3) is 0.533. The normalized spacial score (nSPS) is 24.3. The van der Waals surface area contributed by atoms with Crippen LogP contribution in [0.3, 0.4) is 0 Å². The van der Waals surface area contributed by atoms with Crippen LogP contribution >= 0.6 is 0 Å². The molecular weight excluding hydrogens is 325 g/mol. The lowest BCUT2D eigenvalue weighted by Gasteiger charge is -2.18. The number of aromatic nitrogens is 3. The topological polar surface area (TPSA) is 84.1 Å². The molecule has 1 aliphatic carbocycles. The van der Waals surface area contributed by atoms with Crippen molar-refractivity contribution in [1.29, 1.82) is 0 Å². The van der Waals surface area contributed by atoms with Crippen molar-refractivity contribution in [1.82, 2.24) is 15.1 Å². The number of halogens is 3. The number of hydrogen-bond acceptors (Lipinski definition) is 6. The number of anilines is 1. The Morgan fingerprint density at radius 3 is 2.83 bits per heavy atom. The second-order valence-electron chi connectivity index (χ2n) is 5.95. The molecule has 0 radical (unpaired) electrons. The highest BCUT2D eigenvalue weighted by Gasteiger charge is 2.38. The second kappa shape index (κ2) is 6.39. The Labute approximate surface area is 136 Å². The molecule has 1 aliphatic rings. The number of aryl methyl sites for hydroxylation is 1. The lowest BCUT2D eigenvalue weighted by molar-refractivity contribution is -0.137. The van der Waals surface area contributed by atoms with Crippen molar-refractivity contribution in [2.45, 2.75) is 38.0 Å². The molecule has 2 N–H and O–H groups in total. The van der Waals surface area contributed by atoms with Gasteiger partial charge in [0.15, 0.2) is 5.82 Å². The fourth-order valence-electron chi connectivity index (χ4n) is 3.01. The Kier molecular flexibility index (Phi) is 4.44. The van der Waals surface area contributed by atoms with E-state index in [4.69, 9.17) is 4.52 Å². The summed E-state index contributed by atoms with van der Waals surface area (Å²) in [5.74, 6) is 0.450. The molecule has 6 nitrogen and oxygen atoms in total. The molecule has 0 spiro atoms. The Morgan fingerprint density at radius 2 is 2.17 bits per heavy atom. The zero-order valence-corrected chi connectivity index (χ0v) is 12.9. The summed E-state index contributed by atoms with van der Waals surface area (Å²) in [5.41, 5.74) is -0.818. The number of nitrogens with zero attached hydrogens (tertiary/aromatic N) is 3. The molecule has 24 heavy (non-hydrogen) atoms. The predicted octanol–water partition coefficient (Wildman–Crippen LogP) is 2.76. The highest BCUT2D eigenvalue weighted by molar-refractivity contribution is 5.45. The number of aliphatic hydroxyl groups excluding tert-OH is 1. The van der Waals surface area contributed by atoms with Crippen LogP contribution in [0, 0.1) is 12.8 Å². The fourth-order valence-corrected chi connectivity index (χ4v) is 3.01. The van der Waals surface area contributed by atoms with Crippen LogP contribution in [0.2, 0.25) is 0 Å². The summed E-state index contributed by atoms with van der Waals surface area (Å²) in [5, 5.41) is 16.6. The van der Waals surface area contributed by atoms with E-state index < -0.39 is 17.8 Å². The lowest BCUT2D eigenvalue weighted by atomic mass is 10.0. The van der Waals surface area contributed by atoms with Crippen molar-refractivity contribution < 1.29 is 22.8 Å². The summed E-state index contributed by atoms with van der Waals surface area (Å²) in [6.45, 7) is 1.89. The van der Waals surface area contributed by atoms with Gasteiger partial charge in [-0.2, -0.15) is 18.2 Å². The summed E-state index contributed by atoms with van der Waals surface area (Å²) in [6.07, 6.45) is -2.82. The smallest absolute Gasteiger partial charge is 0.393 e. The maximum atomic E-state index is 13.0. The average molecular weight is 342 g/mol. The van der Waals surface area contributed by atoms with E-state index in [1.807, 2.05) is 0 Å². The minimum atomic E-state index is -4.48. The molecule has 2 aromatic rings. The monoisotopic (exact) mass is 342 g/mol. The molecule has 2 aromatic heterocycles. The van der Waals surface area contributed by atoms with Crippen molar-refractivity contribution in [2.24, 2.45) is 5.92 Å². The number of hydrogen-bond donors (Lipinski definition) is 2. The van der Waals surface area contributed by atoms with Crippen LogP contribution in [0.15, 0.2) is 22.9 Å². The van der Waals surface area contributed by atoms with Gasteiger partial charge in [-0.1, -0.05) is 5.16 Å². The highest BCUT2D eigenvalue weighted by atomic mass is 19.4. The largest absolute Gasteiger partial charge is 0.419 e.